The smallest absolute Gasteiger partial charge is 0.258 e. The van der Waals surface area contributed by atoms with Gasteiger partial charge < -0.3 is 33.8 Å². The third kappa shape index (κ3) is 11.5. The number of rotatable bonds is 23. The van der Waals surface area contributed by atoms with E-state index in [1.807, 2.05) is 36.4 Å². The van der Waals surface area contributed by atoms with Crippen LogP contribution in [-0.2, 0) is 28.5 Å². The number of nitrogens with one attached hydrogen (secondary N) is 1. The quantitative estimate of drug-likeness (QED) is 0.108. The van der Waals surface area contributed by atoms with Crippen molar-refractivity contribution < 1.29 is 33.3 Å². The first-order valence-electron chi connectivity index (χ1n) is 18.4. The second kappa shape index (κ2) is 21.2. The highest BCUT2D eigenvalue weighted by Crippen LogP contribution is 2.40. The highest BCUT2D eigenvalue weighted by molar-refractivity contribution is 6.98. The van der Waals surface area contributed by atoms with Gasteiger partial charge in [0, 0.05) is 33.4 Å². The Kier molecular flexibility index (Phi) is 17.8. The number of hydrogen-bond donors (Lipinski definition) is 2. The number of benzene rings is 2. The van der Waals surface area contributed by atoms with E-state index in [1.54, 1.807) is 0 Å². The zero-order valence-corrected chi connectivity index (χ0v) is 31.5. The maximum Gasteiger partial charge on any atom is 0.258 e. The number of hydrogen-bond acceptors (Lipinski definition) is 7. The molecule has 2 aromatic carbocycles. The molecule has 1 fully saturated rings. The first-order chi connectivity index (χ1) is 23.2. The third-order valence-corrected chi connectivity index (χ3v) is 13.9. The number of carbonyl (C=O) groups excluding carboxylic acids is 1. The molecule has 0 spiro atoms. The Bertz CT molecular complexity index is 1110. The van der Waals surface area contributed by atoms with Crippen LogP contribution in [0.15, 0.2) is 60.7 Å². The number of unbranched alkanes of at least 4 members (excludes halogenated alkanes) is 4. The van der Waals surface area contributed by atoms with E-state index in [2.05, 4.69) is 64.2 Å². The maximum atomic E-state index is 12.5. The van der Waals surface area contributed by atoms with Crippen molar-refractivity contribution in [3.63, 3.8) is 0 Å². The fraction of sp³-hybridized carbons (Fsp3) is 0.667. The predicted molar refractivity (Wildman–Crippen MR) is 195 cm³/mol. The van der Waals surface area contributed by atoms with Crippen molar-refractivity contribution in [2.45, 2.75) is 135 Å². The number of ether oxygens (including phenoxy) is 5. The first kappa shape index (κ1) is 40.3. The Morgan fingerprint density at radius 1 is 0.771 bits per heavy atom. The SMILES string of the molecule is CCCCOCC1O[C@@H](OCCCCC(C)(C)[Si](O)(c2ccccc2)c2ccccc2)C(NC(C)=O)C(OCCCC)[C@H]1OCCCC. The molecule has 8 nitrogen and oxygen atoms in total. The molecular weight excluding hydrogens is 623 g/mol. The van der Waals surface area contributed by atoms with E-state index < -0.39 is 39.0 Å². The molecule has 0 aliphatic carbocycles. The lowest BCUT2D eigenvalue weighted by Gasteiger charge is -2.46. The van der Waals surface area contributed by atoms with Crippen LogP contribution in [0.3, 0.4) is 0 Å². The fourth-order valence-electron chi connectivity index (χ4n) is 6.50. The van der Waals surface area contributed by atoms with Crippen molar-refractivity contribution in [2.75, 3.05) is 33.0 Å². The van der Waals surface area contributed by atoms with Crippen LogP contribution in [0.4, 0.5) is 0 Å². The standard InChI is InChI=1S/C39H63NO7Si/c1-7-10-26-43-30-34-36(44-27-11-8-2)37(45-28-12-9-3)35(40-31(4)41)38(47-34)46-29-20-19-25-39(5,6)48(42,32-21-15-13-16-22-32)33-23-17-14-18-24-33/h13-18,21-24,34-38,42H,7-12,19-20,25-30H2,1-6H3,(H,40,41)/t34?,35?,36-,37?,38+/m0/s1. The molecule has 0 saturated carbocycles. The molecule has 0 radical (unpaired) electrons. The van der Waals surface area contributed by atoms with Gasteiger partial charge in [-0.2, -0.15) is 0 Å². The summed E-state index contributed by atoms with van der Waals surface area (Å²) in [7, 11) is -3.08. The molecule has 1 amide bonds. The molecule has 3 unspecified atom stereocenters. The van der Waals surface area contributed by atoms with Crippen LogP contribution in [0, 0.1) is 0 Å². The molecule has 1 saturated heterocycles. The van der Waals surface area contributed by atoms with Crippen LogP contribution in [0.2, 0.25) is 5.04 Å². The van der Waals surface area contributed by atoms with Crippen molar-refractivity contribution in [1.82, 2.24) is 5.32 Å². The molecule has 0 bridgehead atoms. The molecule has 1 heterocycles. The van der Waals surface area contributed by atoms with Crippen molar-refractivity contribution in [1.29, 1.82) is 0 Å². The molecule has 2 N–H and O–H groups in total. The summed E-state index contributed by atoms with van der Waals surface area (Å²) in [5.41, 5.74) is 0. The second-order valence-electron chi connectivity index (χ2n) is 13.7. The zero-order chi connectivity index (χ0) is 34.8. The van der Waals surface area contributed by atoms with Crippen LogP contribution in [0.5, 0.6) is 0 Å². The highest BCUT2D eigenvalue weighted by Gasteiger charge is 2.50. The van der Waals surface area contributed by atoms with E-state index in [1.165, 1.54) is 6.92 Å². The van der Waals surface area contributed by atoms with Crippen molar-refractivity contribution >= 4 is 24.6 Å². The van der Waals surface area contributed by atoms with Crippen LogP contribution < -0.4 is 15.7 Å². The molecule has 0 aromatic heterocycles. The van der Waals surface area contributed by atoms with E-state index >= 15 is 0 Å². The van der Waals surface area contributed by atoms with Crippen LogP contribution in [0.1, 0.15) is 99.3 Å². The summed E-state index contributed by atoms with van der Waals surface area (Å²) in [4.78, 5) is 25.0. The summed E-state index contributed by atoms with van der Waals surface area (Å²) in [6.07, 6.45) is 6.41. The molecule has 48 heavy (non-hydrogen) atoms. The second-order valence-corrected chi connectivity index (χ2v) is 17.7. The fourth-order valence-corrected chi connectivity index (χ4v) is 10.3. The van der Waals surface area contributed by atoms with Gasteiger partial charge in [0.15, 0.2) is 6.29 Å². The van der Waals surface area contributed by atoms with Crippen molar-refractivity contribution in [3.05, 3.63) is 60.7 Å². The van der Waals surface area contributed by atoms with E-state index in [9.17, 15) is 9.59 Å². The topological polar surface area (TPSA) is 95.5 Å². The molecule has 2 aromatic rings. The van der Waals surface area contributed by atoms with Gasteiger partial charge in [0.25, 0.3) is 8.32 Å². The lowest BCUT2D eigenvalue weighted by Crippen LogP contribution is -2.66. The van der Waals surface area contributed by atoms with Crippen LogP contribution in [0.25, 0.3) is 0 Å². The van der Waals surface area contributed by atoms with Gasteiger partial charge >= 0.3 is 0 Å². The minimum atomic E-state index is -3.08. The van der Waals surface area contributed by atoms with Crippen LogP contribution in [-0.4, -0.2) is 82.7 Å². The molecule has 270 valence electrons. The summed E-state index contributed by atoms with van der Waals surface area (Å²) in [5, 5.41) is 4.78. The predicted octanol–water partition coefficient (Wildman–Crippen LogP) is 6.12. The van der Waals surface area contributed by atoms with E-state index in [0.717, 1.165) is 68.2 Å². The van der Waals surface area contributed by atoms with Crippen molar-refractivity contribution in [3.8, 4) is 0 Å². The Balaban J connectivity index is 1.74. The summed E-state index contributed by atoms with van der Waals surface area (Å²) < 4.78 is 32.0. The van der Waals surface area contributed by atoms with Gasteiger partial charge in [-0.05, 0) is 47.5 Å². The molecular formula is C39H63NO7Si. The normalized spacial score (nSPS) is 21.7. The highest BCUT2D eigenvalue weighted by atomic mass is 28.4. The summed E-state index contributed by atoms with van der Waals surface area (Å²) in [6, 6.07) is 19.8. The maximum absolute atomic E-state index is 12.5. The minimum Gasteiger partial charge on any atom is -0.424 e. The minimum absolute atomic E-state index is 0.168. The molecule has 9 heteroatoms. The van der Waals surface area contributed by atoms with Gasteiger partial charge in [0.1, 0.15) is 24.4 Å². The summed E-state index contributed by atoms with van der Waals surface area (Å²) in [6.45, 7) is 14.9. The van der Waals surface area contributed by atoms with Gasteiger partial charge in [0.05, 0.1) is 6.61 Å². The zero-order valence-electron chi connectivity index (χ0n) is 30.5. The van der Waals surface area contributed by atoms with Gasteiger partial charge in [-0.1, -0.05) is 121 Å². The molecule has 3 rings (SSSR count). The van der Waals surface area contributed by atoms with E-state index in [0.29, 0.717) is 33.0 Å². The molecule has 5 atom stereocenters. The Morgan fingerprint density at radius 2 is 1.29 bits per heavy atom. The monoisotopic (exact) mass is 685 g/mol. The summed E-state index contributed by atoms with van der Waals surface area (Å²) in [5.74, 6) is -0.168. The van der Waals surface area contributed by atoms with Gasteiger partial charge in [-0.15, -0.1) is 0 Å². The molecule has 1 aliphatic heterocycles. The van der Waals surface area contributed by atoms with Crippen LogP contribution >= 0.6 is 0 Å². The van der Waals surface area contributed by atoms with Gasteiger partial charge in [-0.25, -0.2) is 0 Å². The van der Waals surface area contributed by atoms with Gasteiger partial charge in [-0.3, -0.25) is 4.79 Å². The molecule has 1 aliphatic rings. The van der Waals surface area contributed by atoms with Gasteiger partial charge in [0.2, 0.25) is 5.91 Å². The Labute approximate surface area is 291 Å². The summed E-state index contributed by atoms with van der Waals surface area (Å²) >= 11 is 0. The third-order valence-electron chi connectivity index (χ3n) is 9.40. The average molecular weight is 686 g/mol. The average Bonchev–Trinajstić information content (AvgIpc) is 3.08. The largest absolute Gasteiger partial charge is 0.424 e. The van der Waals surface area contributed by atoms with E-state index in [4.69, 9.17) is 23.7 Å². The van der Waals surface area contributed by atoms with Crippen molar-refractivity contribution in [2.24, 2.45) is 0 Å². The Morgan fingerprint density at radius 3 is 1.83 bits per heavy atom. The number of amides is 1. The lowest BCUT2D eigenvalue weighted by atomic mass is 9.96. The number of carbonyl (C=O) groups is 1. The lowest BCUT2D eigenvalue weighted by molar-refractivity contribution is -0.287. The first-order valence-corrected chi connectivity index (χ1v) is 20.3. The Hall–Kier alpha value is -2.11. The van der Waals surface area contributed by atoms with E-state index in [-0.39, 0.29) is 10.9 Å².